The zero-order valence-corrected chi connectivity index (χ0v) is 34.6. The summed E-state index contributed by atoms with van der Waals surface area (Å²) >= 11 is 0. The lowest BCUT2D eigenvalue weighted by Gasteiger charge is -2.15. The fourth-order valence-corrected chi connectivity index (χ4v) is 10.5. The lowest BCUT2D eigenvalue weighted by atomic mass is 10.00. The van der Waals surface area contributed by atoms with Crippen LogP contribution in [0.3, 0.4) is 0 Å². The molecule has 64 heavy (non-hydrogen) atoms. The van der Waals surface area contributed by atoms with E-state index in [9.17, 15) is 0 Å². The second-order valence-electron chi connectivity index (χ2n) is 17.0. The minimum atomic E-state index is 0.689. The fourth-order valence-electron chi connectivity index (χ4n) is 10.5. The lowest BCUT2D eigenvalue weighted by molar-refractivity contribution is 1.18. The number of benzene rings is 11. The van der Waals surface area contributed by atoms with Crippen LogP contribution in [0, 0.1) is 0 Å². The molecule has 11 aromatic carbocycles. The number of nitrogens with zero attached hydrogens (tertiary/aromatic N) is 4. The number of fused-ring (bicyclic) bond motifs is 12. The summed E-state index contributed by atoms with van der Waals surface area (Å²) < 4.78 is 4.86. The predicted octanol–water partition coefficient (Wildman–Crippen LogP) is 15.8. The van der Waals surface area contributed by atoms with Crippen molar-refractivity contribution >= 4 is 97.6 Å². The van der Waals surface area contributed by atoms with Gasteiger partial charge in [-0.25, -0.2) is 9.97 Å². The molecule has 0 saturated heterocycles. The summed E-state index contributed by atoms with van der Waals surface area (Å²) in [6, 6.07) is 79.3. The maximum atomic E-state index is 5.56. The van der Waals surface area contributed by atoms with Gasteiger partial charge in [0.05, 0.1) is 39.0 Å². The molecule has 0 N–H and O–H groups in total. The second-order valence-corrected chi connectivity index (χ2v) is 17.0. The van der Waals surface area contributed by atoms with E-state index in [0.29, 0.717) is 5.82 Å². The van der Waals surface area contributed by atoms with Gasteiger partial charge in [-0.3, -0.25) is 0 Å². The Labute approximate surface area is 367 Å². The van der Waals surface area contributed by atoms with Crippen LogP contribution < -0.4 is 0 Å². The normalized spacial score (nSPS) is 12.1. The predicted molar refractivity (Wildman–Crippen MR) is 269 cm³/mol. The van der Waals surface area contributed by atoms with Crippen LogP contribution in [0.2, 0.25) is 0 Å². The molecule has 3 heterocycles. The molecular formula is C60H36N4. The highest BCUT2D eigenvalue weighted by Crippen LogP contribution is 2.42. The highest BCUT2D eigenvalue weighted by molar-refractivity contribution is 6.22. The monoisotopic (exact) mass is 812 g/mol. The van der Waals surface area contributed by atoms with Gasteiger partial charge < -0.3 is 9.13 Å². The molecule has 0 spiro atoms. The Morgan fingerprint density at radius 1 is 0.297 bits per heavy atom. The van der Waals surface area contributed by atoms with E-state index in [0.717, 1.165) is 50.0 Å². The first kappa shape index (κ1) is 35.0. The number of hydrogen-bond donors (Lipinski definition) is 0. The van der Waals surface area contributed by atoms with Crippen molar-refractivity contribution in [3.05, 3.63) is 218 Å². The van der Waals surface area contributed by atoms with Crippen LogP contribution in [0.15, 0.2) is 218 Å². The summed E-state index contributed by atoms with van der Waals surface area (Å²) in [6.07, 6.45) is 0. The standard InChI is InChI=1S/C60H36N4/c1-2-20-45(21-3-1)63-53-28-27-43(33-51(53)58-47-23-11-8-14-37(47)26-29-54(58)63)59-48-24-12-13-25-52(48)61-60(62-59)44-30-42-19-9-10-22-46(42)55(36-44)64-56-34-40-17-6-4-15-38(40)31-49(56)50-32-39-16-5-7-18-41(39)35-57(50)64/h1-36H. The van der Waals surface area contributed by atoms with Gasteiger partial charge in [-0.1, -0.05) is 146 Å². The van der Waals surface area contributed by atoms with E-state index in [1.54, 1.807) is 0 Å². The fraction of sp³-hybridized carbons (Fsp3) is 0. The molecule has 0 aliphatic carbocycles. The van der Waals surface area contributed by atoms with Crippen LogP contribution in [0.25, 0.3) is 132 Å². The van der Waals surface area contributed by atoms with Crippen LogP contribution >= 0.6 is 0 Å². The molecule has 14 rings (SSSR count). The molecule has 0 amide bonds. The number of rotatable bonds is 4. The third-order valence-electron chi connectivity index (χ3n) is 13.4. The Hall–Kier alpha value is -8.60. The maximum Gasteiger partial charge on any atom is 0.160 e. The van der Waals surface area contributed by atoms with Crippen molar-refractivity contribution in [3.8, 4) is 34.0 Å². The van der Waals surface area contributed by atoms with Crippen molar-refractivity contribution in [1.82, 2.24) is 19.1 Å². The van der Waals surface area contributed by atoms with E-state index in [1.807, 2.05) is 0 Å². The summed E-state index contributed by atoms with van der Waals surface area (Å²) in [4.78, 5) is 10.9. The largest absolute Gasteiger partial charge is 0.309 e. The van der Waals surface area contributed by atoms with Gasteiger partial charge in [-0.15, -0.1) is 0 Å². The SMILES string of the molecule is c1ccc(-n2c3ccc(-c4nc(-c5cc(-n6c7cc8ccccc8cc7c7cc8ccccc8cc76)c6ccccc6c5)nc5ccccc45)cc3c3c4ccccc4ccc32)cc1. The minimum absolute atomic E-state index is 0.689. The lowest BCUT2D eigenvalue weighted by Crippen LogP contribution is -1.99. The Kier molecular flexibility index (Phi) is 7.36. The summed E-state index contributed by atoms with van der Waals surface area (Å²) in [5, 5.41) is 15.6. The first-order chi connectivity index (χ1) is 31.7. The molecule has 0 unspecified atom stereocenters. The quantitative estimate of drug-likeness (QED) is 0.177. The zero-order valence-electron chi connectivity index (χ0n) is 34.6. The molecular weight excluding hydrogens is 777 g/mol. The van der Waals surface area contributed by atoms with Gasteiger partial charge in [0, 0.05) is 49.1 Å². The van der Waals surface area contributed by atoms with Gasteiger partial charge in [-0.2, -0.15) is 0 Å². The average molecular weight is 813 g/mol. The summed E-state index contributed by atoms with van der Waals surface area (Å²) in [7, 11) is 0. The molecule has 0 aliphatic rings. The molecule has 0 aliphatic heterocycles. The first-order valence-corrected chi connectivity index (χ1v) is 21.9. The molecule has 4 nitrogen and oxygen atoms in total. The van der Waals surface area contributed by atoms with Crippen LogP contribution in [-0.4, -0.2) is 19.1 Å². The van der Waals surface area contributed by atoms with Crippen molar-refractivity contribution < 1.29 is 0 Å². The van der Waals surface area contributed by atoms with Gasteiger partial charge in [0.25, 0.3) is 0 Å². The van der Waals surface area contributed by atoms with E-state index >= 15 is 0 Å². The van der Waals surface area contributed by atoms with Crippen molar-refractivity contribution in [2.24, 2.45) is 0 Å². The smallest absolute Gasteiger partial charge is 0.160 e. The first-order valence-electron chi connectivity index (χ1n) is 21.9. The van der Waals surface area contributed by atoms with Crippen molar-refractivity contribution in [2.75, 3.05) is 0 Å². The van der Waals surface area contributed by atoms with Crippen LogP contribution in [-0.2, 0) is 0 Å². The molecule has 14 aromatic rings. The molecule has 0 bridgehead atoms. The number of para-hydroxylation sites is 2. The summed E-state index contributed by atoms with van der Waals surface area (Å²) in [5.74, 6) is 0.689. The van der Waals surface area contributed by atoms with Crippen LogP contribution in [0.5, 0.6) is 0 Å². The summed E-state index contributed by atoms with van der Waals surface area (Å²) in [6.45, 7) is 0. The minimum Gasteiger partial charge on any atom is -0.309 e. The van der Waals surface area contributed by atoms with Gasteiger partial charge in [0.2, 0.25) is 0 Å². The Morgan fingerprint density at radius 2 is 0.875 bits per heavy atom. The molecule has 296 valence electrons. The Bertz CT molecular complexity index is 4160. The molecule has 0 radical (unpaired) electrons. The van der Waals surface area contributed by atoms with E-state index in [-0.39, 0.29) is 0 Å². The van der Waals surface area contributed by atoms with Crippen molar-refractivity contribution in [3.63, 3.8) is 0 Å². The van der Waals surface area contributed by atoms with Crippen molar-refractivity contribution in [1.29, 1.82) is 0 Å². The van der Waals surface area contributed by atoms with Gasteiger partial charge >= 0.3 is 0 Å². The zero-order chi connectivity index (χ0) is 41.9. The Balaban J connectivity index is 1.04. The average Bonchev–Trinajstić information content (AvgIpc) is 3.85. The molecule has 0 atom stereocenters. The van der Waals surface area contributed by atoms with E-state index in [2.05, 4.69) is 228 Å². The van der Waals surface area contributed by atoms with Crippen LogP contribution in [0.1, 0.15) is 0 Å². The Morgan fingerprint density at radius 3 is 1.59 bits per heavy atom. The highest BCUT2D eigenvalue weighted by Gasteiger charge is 2.21. The third-order valence-corrected chi connectivity index (χ3v) is 13.4. The molecule has 0 saturated carbocycles. The van der Waals surface area contributed by atoms with E-state index < -0.39 is 0 Å². The molecule has 4 heteroatoms. The maximum absolute atomic E-state index is 5.56. The highest BCUT2D eigenvalue weighted by atomic mass is 15.0. The van der Waals surface area contributed by atoms with E-state index in [4.69, 9.17) is 9.97 Å². The van der Waals surface area contributed by atoms with Crippen LogP contribution in [0.4, 0.5) is 0 Å². The third kappa shape index (κ3) is 5.17. The van der Waals surface area contributed by atoms with Gasteiger partial charge in [0.15, 0.2) is 5.82 Å². The number of aromatic nitrogens is 4. The second kappa shape index (κ2) is 13.4. The summed E-state index contributed by atoms with van der Waals surface area (Å²) in [5.41, 5.74) is 10.7. The number of hydrogen-bond acceptors (Lipinski definition) is 2. The topological polar surface area (TPSA) is 35.6 Å². The van der Waals surface area contributed by atoms with Crippen molar-refractivity contribution in [2.45, 2.75) is 0 Å². The molecule has 0 fully saturated rings. The van der Waals surface area contributed by atoms with Gasteiger partial charge in [0.1, 0.15) is 0 Å². The molecule has 3 aromatic heterocycles. The van der Waals surface area contributed by atoms with E-state index in [1.165, 1.54) is 75.8 Å². The van der Waals surface area contributed by atoms with Gasteiger partial charge in [-0.05, 0) is 110 Å².